The predicted molar refractivity (Wildman–Crippen MR) is 75.0 cm³/mol. The van der Waals surface area contributed by atoms with E-state index in [1.54, 1.807) is 32.9 Å². The molecule has 1 aromatic rings. The average molecular weight is 295 g/mol. The molecule has 0 aliphatic carbocycles. The van der Waals surface area contributed by atoms with Crippen LogP contribution in [-0.2, 0) is 16.0 Å². The van der Waals surface area contributed by atoms with Gasteiger partial charge in [0.05, 0.1) is 6.26 Å². The third kappa shape index (κ3) is 3.20. The Morgan fingerprint density at radius 3 is 2.71 bits per heavy atom. The number of ether oxygens (including phenoxy) is 1. The summed E-state index contributed by atoms with van der Waals surface area (Å²) in [6.07, 6.45) is 2.08. The van der Waals surface area contributed by atoms with Crippen LogP contribution in [0.25, 0.3) is 0 Å². The lowest BCUT2D eigenvalue weighted by Gasteiger charge is -2.35. The van der Waals surface area contributed by atoms with Crippen molar-refractivity contribution in [2.24, 2.45) is 0 Å². The number of nitrogens with zero attached hydrogens (tertiary/aromatic N) is 1. The highest BCUT2D eigenvalue weighted by Crippen LogP contribution is 2.34. The summed E-state index contributed by atoms with van der Waals surface area (Å²) in [5, 5.41) is 9.69. The summed E-state index contributed by atoms with van der Waals surface area (Å²) < 4.78 is 10.6. The van der Waals surface area contributed by atoms with E-state index < -0.39 is 23.2 Å². The molecule has 1 N–H and O–H groups in total. The Morgan fingerprint density at radius 1 is 1.48 bits per heavy atom. The Kier molecular flexibility index (Phi) is 3.98. The average Bonchev–Trinajstić information content (AvgIpc) is 2.96. The van der Waals surface area contributed by atoms with Crippen molar-refractivity contribution < 1.29 is 23.8 Å². The number of rotatable bonds is 3. The van der Waals surface area contributed by atoms with Gasteiger partial charge >= 0.3 is 12.1 Å². The van der Waals surface area contributed by atoms with Crippen LogP contribution in [0, 0.1) is 0 Å². The van der Waals surface area contributed by atoms with Crippen molar-refractivity contribution in [1.29, 1.82) is 0 Å². The third-order valence-electron chi connectivity index (χ3n) is 3.55. The molecule has 1 fully saturated rings. The van der Waals surface area contributed by atoms with Gasteiger partial charge in [0.15, 0.2) is 5.54 Å². The zero-order valence-electron chi connectivity index (χ0n) is 12.6. The number of carbonyl (C=O) groups excluding carboxylic acids is 1. The quantitative estimate of drug-likeness (QED) is 0.927. The van der Waals surface area contributed by atoms with E-state index in [1.807, 2.05) is 0 Å². The second kappa shape index (κ2) is 5.42. The highest BCUT2D eigenvalue weighted by molar-refractivity contribution is 5.85. The lowest BCUT2D eigenvalue weighted by molar-refractivity contribution is -0.149. The van der Waals surface area contributed by atoms with Crippen molar-refractivity contribution >= 4 is 12.1 Å². The number of carboxylic acids is 1. The van der Waals surface area contributed by atoms with Crippen LogP contribution in [0.1, 0.15) is 39.4 Å². The Hall–Kier alpha value is -1.98. The highest BCUT2D eigenvalue weighted by atomic mass is 16.6. The lowest BCUT2D eigenvalue weighted by atomic mass is 9.91. The summed E-state index contributed by atoms with van der Waals surface area (Å²) in [6, 6.07) is 3.42. The zero-order chi connectivity index (χ0) is 15.7. The molecule has 1 aliphatic rings. The van der Waals surface area contributed by atoms with E-state index >= 15 is 0 Å². The molecule has 6 heteroatoms. The van der Waals surface area contributed by atoms with Gasteiger partial charge in [-0.25, -0.2) is 9.59 Å². The van der Waals surface area contributed by atoms with Gasteiger partial charge in [-0.3, -0.25) is 4.90 Å². The fourth-order valence-electron chi connectivity index (χ4n) is 2.64. The fraction of sp³-hybridized carbons (Fsp3) is 0.600. The van der Waals surface area contributed by atoms with Gasteiger partial charge in [-0.2, -0.15) is 0 Å². The molecule has 0 spiro atoms. The van der Waals surface area contributed by atoms with E-state index in [0.717, 1.165) is 0 Å². The van der Waals surface area contributed by atoms with Crippen molar-refractivity contribution in [3.8, 4) is 0 Å². The summed E-state index contributed by atoms with van der Waals surface area (Å²) in [5.41, 5.74) is -1.95. The number of amides is 1. The van der Waals surface area contributed by atoms with Crippen molar-refractivity contribution in [3.05, 3.63) is 24.2 Å². The normalized spacial score (nSPS) is 22.3. The molecule has 2 heterocycles. The fourth-order valence-corrected chi connectivity index (χ4v) is 2.64. The minimum atomic E-state index is -1.29. The van der Waals surface area contributed by atoms with Gasteiger partial charge in [0.25, 0.3) is 0 Å². The Labute approximate surface area is 123 Å². The topological polar surface area (TPSA) is 80.0 Å². The summed E-state index contributed by atoms with van der Waals surface area (Å²) in [4.78, 5) is 25.5. The standard InChI is InChI=1S/C15H21NO5/c1-14(2,3)21-13(19)16-8-5-7-15(16,12(17)18)10-11-6-4-9-20-11/h4,6,9H,5,7-8,10H2,1-3H3,(H,17,18)/t15-/m0/s1. The number of carbonyl (C=O) groups is 2. The van der Waals surface area contributed by atoms with Gasteiger partial charge in [0, 0.05) is 13.0 Å². The number of furan rings is 1. The number of hydrogen-bond acceptors (Lipinski definition) is 4. The SMILES string of the molecule is CC(C)(C)OC(=O)N1CCC[C@]1(Cc1ccco1)C(=O)O. The summed E-state index contributed by atoms with van der Waals surface area (Å²) in [5.74, 6) is -0.477. The summed E-state index contributed by atoms with van der Waals surface area (Å²) >= 11 is 0. The number of aliphatic carboxylic acids is 1. The van der Waals surface area contributed by atoms with Crippen LogP contribution in [-0.4, -0.2) is 39.8 Å². The Balaban J connectivity index is 2.26. The number of hydrogen-bond donors (Lipinski definition) is 1. The van der Waals surface area contributed by atoms with Crippen molar-refractivity contribution in [3.63, 3.8) is 0 Å². The predicted octanol–water partition coefficient (Wildman–Crippen LogP) is 2.68. The monoisotopic (exact) mass is 295 g/mol. The molecule has 2 rings (SSSR count). The Bertz CT molecular complexity index is 517. The molecule has 21 heavy (non-hydrogen) atoms. The van der Waals surface area contributed by atoms with Gasteiger partial charge in [-0.1, -0.05) is 0 Å². The van der Waals surface area contributed by atoms with Crippen LogP contribution in [0.5, 0.6) is 0 Å². The van der Waals surface area contributed by atoms with Crippen LogP contribution < -0.4 is 0 Å². The first kappa shape index (κ1) is 15.4. The third-order valence-corrected chi connectivity index (χ3v) is 3.55. The molecule has 0 bridgehead atoms. The molecule has 1 amide bonds. The molecule has 1 atom stereocenters. The van der Waals surface area contributed by atoms with E-state index in [4.69, 9.17) is 9.15 Å². The van der Waals surface area contributed by atoms with Crippen molar-refractivity contribution in [2.75, 3.05) is 6.54 Å². The first-order chi connectivity index (χ1) is 9.74. The van der Waals surface area contributed by atoms with E-state index in [-0.39, 0.29) is 6.42 Å². The van der Waals surface area contributed by atoms with Crippen LogP contribution in [0.15, 0.2) is 22.8 Å². The molecule has 0 saturated carbocycles. The van der Waals surface area contributed by atoms with Crippen LogP contribution in [0.2, 0.25) is 0 Å². The minimum Gasteiger partial charge on any atom is -0.479 e. The number of carboxylic acid groups (broad SMARTS) is 1. The van der Waals surface area contributed by atoms with Gasteiger partial charge in [-0.05, 0) is 45.7 Å². The molecule has 1 aromatic heterocycles. The van der Waals surface area contributed by atoms with Crippen LogP contribution >= 0.6 is 0 Å². The zero-order valence-corrected chi connectivity index (χ0v) is 12.6. The molecule has 1 saturated heterocycles. The van der Waals surface area contributed by atoms with E-state index in [9.17, 15) is 14.7 Å². The lowest BCUT2D eigenvalue weighted by Crippen LogP contribution is -2.55. The molecule has 6 nitrogen and oxygen atoms in total. The summed E-state index contributed by atoms with van der Waals surface area (Å²) in [7, 11) is 0. The molecule has 0 aromatic carbocycles. The van der Waals surface area contributed by atoms with Crippen LogP contribution in [0.4, 0.5) is 4.79 Å². The smallest absolute Gasteiger partial charge is 0.411 e. The van der Waals surface area contributed by atoms with Crippen molar-refractivity contribution in [1.82, 2.24) is 4.90 Å². The first-order valence-corrected chi connectivity index (χ1v) is 7.01. The molecular weight excluding hydrogens is 274 g/mol. The minimum absolute atomic E-state index is 0.147. The van der Waals surface area contributed by atoms with Crippen LogP contribution in [0.3, 0.4) is 0 Å². The summed E-state index contributed by atoms with van der Waals surface area (Å²) in [6.45, 7) is 5.66. The molecule has 1 aliphatic heterocycles. The molecular formula is C15H21NO5. The second-order valence-corrected chi connectivity index (χ2v) is 6.33. The molecule has 0 unspecified atom stereocenters. The number of likely N-dealkylation sites (tertiary alicyclic amines) is 1. The van der Waals surface area contributed by atoms with Gasteiger partial charge in [0.2, 0.25) is 0 Å². The van der Waals surface area contributed by atoms with Gasteiger partial charge in [-0.15, -0.1) is 0 Å². The van der Waals surface area contributed by atoms with E-state index in [2.05, 4.69) is 0 Å². The highest BCUT2D eigenvalue weighted by Gasteiger charge is 2.51. The van der Waals surface area contributed by atoms with Gasteiger partial charge in [0.1, 0.15) is 11.4 Å². The molecule has 116 valence electrons. The van der Waals surface area contributed by atoms with E-state index in [1.165, 1.54) is 11.2 Å². The van der Waals surface area contributed by atoms with Crippen molar-refractivity contribution in [2.45, 2.75) is 51.2 Å². The van der Waals surface area contributed by atoms with E-state index in [0.29, 0.717) is 25.1 Å². The maximum atomic E-state index is 12.3. The van der Waals surface area contributed by atoms with Gasteiger partial charge < -0.3 is 14.3 Å². The molecule has 0 radical (unpaired) electrons. The Morgan fingerprint density at radius 2 is 2.19 bits per heavy atom. The maximum absolute atomic E-state index is 12.3. The largest absolute Gasteiger partial charge is 0.479 e. The second-order valence-electron chi connectivity index (χ2n) is 6.33. The first-order valence-electron chi connectivity index (χ1n) is 7.01. The maximum Gasteiger partial charge on any atom is 0.411 e.